The van der Waals surface area contributed by atoms with Gasteiger partial charge in [-0.05, 0) is 49.7 Å². The Kier molecular flexibility index (Phi) is 10.6. The molecule has 2 fully saturated rings. The van der Waals surface area contributed by atoms with Crippen LogP contribution in [0.3, 0.4) is 0 Å². The van der Waals surface area contributed by atoms with Crippen LogP contribution in [0.1, 0.15) is 70.7 Å². The summed E-state index contributed by atoms with van der Waals surface area (Å²) in [6.45, 7) is 10.1. The fraction of sp³-hybridized carbons (Fsp3) is 0.621. The van der Waals surface area contributed by atoms with Gasteiger partial charge in [-0.25, -0.2) is 0 Å². The molecule has 1 aromatic carbocycles. The number of nitrogens with one attached hydrogen (secondary N) is 2. The lowest BCUT2D eigenvalue weighted by molar-refractivity contribution is -0.138. The number of rotatable bonds is 10. The summed E-state index contributed by atoms with van der Waals surface area (Å²) in [5.74, 6) is -0.920. The maximum absolute atomic E-state index is 13.9. The Morgan fingerprint density at radius 1 is 0.950 bits per heavy atom. The van der Waals surface area contributed by atoms with Crippen LogP contribution in [-0.4, -0.2) is 81.2 Å². The fourth-order valence-corrected chi connectivity index (χ4v) is 7.10. The van der Waals surface area contributed by atoms with Gasteiger partial charge >= 0.3 is 0 Å². The minimum atomic E-state index is -0.825. The second kappa shape index (κ2) is 13.5. The third-order valence-electron chi connectivity index (χ3n) is 7.41. The van der Waals surface area contributed by atoms with Gasteiger partial charge in [0.05, 0.1) is 4.87 Å². The van der Waals surface area contributed by atoms with Crippen LogP contribution in [-0.2, 0) is 19.2 Å². The highest BCUT2D eigenvalue weighted by molar-refractivity contribution is 8.01. The lowest BCUT2D eigenvalue weighted by atomic mass is 9.96. The van der Waals surface area contributed by atoms with Crippen LogP contribution >= 0.6 is 11.8 Å². The van der Waals surface area contributed by atoms with Gasteiger partial charge in [-0.2, -0.15) is 0 Å². The van der Waals surface area contributed by atoms with E-state index < -0.39 is 34.8 Å². The lowest BCUT2D eigenvalue weighted by Gasteiger charge is -2.46. The molecule has 2 aliphatic heterocycles. The van der Waals surface area contributed by atoms with Crippen molar-refractivity contribution in [1.29, 1.82) is 0 Å². The molecule has 5 amide bonds. The molecule has 0 saturated carbocycles. The minimum Gasteiger partial charge on any atom is -0.368 e. The Balaban J connectivity index is 1.84. The summed E-state index contributed by atoms with van der Waals surface area (Å²) in [7, 11) is 0. The van der Waals surface area contributed by atoms with Gasteiger partial charge in [0.15, 0.2) is 0 Å². The molecule has 11 heteroatoms. The van der Waals surface area contributed by atoms with Crippen LogP contribution in [0.4, 0.5) is 0 Å². The molecule has 0 aliphatic carbocycles. The summed E-state index contributed by atoms with van der Waals surface area (Å²) >= 11 is 1.55. The molecule has 2 saturated heterocycles. The van der Waals surface area contributed by atoms with Crippen LogP contribution in [0.25, 0.3) is 0 Å². The van der Waals surface area contributed by atoms with Gasteiger partial charge in [-0.1, -0.05) is 45.9 Å². The van der Waals surface area contributed by atoms with E-state index in [0.717, 1.165) is 0 Å². The third kappa shape index (κ3) is 7.56. The van der Waals surface area contributed by atoms with E-state index in [2.05, 4.69) is 10.6 Å². The fourth-order valence-electron chi connectivity index (χ4n) is 5.51. The number of amides is 5. The summed E-state index contributed by atoms with van der Waals surface area (Å²) < 4.78 is 0. The first kappa shape index (κ1) is 31.4. The van der Waals surface area contributed by atoms with Crippen LogP contribution in [0.2, 0.25) is 0 Å². The monoisotopic (exact) mass is 573 g/mol. The summed E-state index contributed by atoms with van der Waals surface area (Å²) in [5.41, 5.74) is 6.05. The smallest absolute Gasteiger partial charge is 0.255 e. The van der Waals surface area contributed by atoms with Crippen LogP contribution < -0.4 is 16.4 Å². The number of likely N-dealkylation sites (tertiary alicyclic amines) is 1. The van der Waals surface area contributed by atoms with E-state index in [-0.39, 0.29) is 29.6 Å². The molecule has 10 nitrogen and oxygen atoms in total. The largest absolute Gasteiger partial charge is 0.368 e. The van der Waals surface area contributed by atoms with Crippen molar-refractivity contribution in [3.8, 4) is 0 Å². The lowest BCUT2D eigenvalue weighted by Crippen LogP contribution is -2.61. The molecule has 3 rings (SSSR count). The number of hydrogen-bond donors (Lipinski definition) is 3. The SMILES string of the molecule is CC(=O)N[C@@H](CC(C)C)C(=O)N1CCC2(CC1)SC[C@@H](C(=O)N[C@@H](CC(C)C)C(N)=O)N2C(=O)c1ccccc1. The van der Waals surface area contributed by atoms with Gasteiger partial charge in [0.1, 0.15) is 18.1 Å². The average molecular weight is 574 g/mol. The Morgan fingerprint density at radius 2 is 1.52 bits per heavy atom. The van der Waals surface area contributed by atoms with Gasteiger partial charge in [0.25, 0.3) is 5.91 Å². The number of carbonyl (C=O) groups is 5. The summed E-state index contributed by atoms with van der Waals surface area (Å²) in [6.07, 6.45) is 1.89. The summed E-state index contributed by atoms with van der Waals surface area (Å²) in [6, 6.07) is 6.62. The maximum atomic E-state index is 13.9. The molecule has 40 heavy (non-hydrogen) atoms. The molecule has 0 unspecified atom stereocenters. The number of hydrogen-bond acceptors (Lipinski definition) is 6. The van der Waals surface area contributed by atoms with Crippen molar-refractivity contribution in [2.75, 3.05) is 18.8 Å². The Bertz CT molecular complexity index is 1090. The Morgan fingerprint density at radius 3 is 2.05 bits per heavy atom. The number of piperidine rings is 1. The van der Waals surface area contributed by atoms with Crippen molar-refractivity contribution in [3.63, 3.8) is 0 Å². The van der Waals surface area contributed by atoms with Crippen molar-refractivity contribution in [2.45, 2.75) is 83.3 Å². The van der Waals surface area contributed by atoms with E-state index >= 15 is 0 Å². The number of nitrogens with zero attached hydrogens (tertiary/aromatic N) is 2. The predicted molar refractivity (Wildman–Crippen MR) is 155 cm³/mol. The molecule has 2 heterocycles. The highest BCUT2D eigenvalue weighted by Crippen LogP contribution is 2.47. The highest BCUT2D eigenvalue weighted by atomic mass is 32.2. The number of nitrogens with two attached hydrogens (primary N) is 1. The molecule has 1 spiro atoms. The van der Waals surface area contributed by atoms with E-state index in [1.807, 2.05) is 33.8 Å². The second-order valence-electron chi connectivity index (χ2n) is 11.6. The highest BCUT2D eigenvalue weighted by Gasteiger charge is 2.54. The van der Waals surface area contributed by atoms with Crippen molar-refractivity contribution in [2.24, 2.45) is 17.6 Å². The molecule has 4 N–H and O–H groups in total. The average Bonchev–Trinajstić information content (AvgIpc) is 3.25. The zero-order valence-corrected chi connectivity index (χ0v) is 25.0. The first-order chi connectivity index (χ1) is 18.8. The molecular formula is C29H43N5O5S. The minimum absolute atomic E-state index is 0.130. The van der Waals surface area contributed by atoms with Crippen molar-refractivity contribution < 1.29 is 24.0 Å². The number of primary amides is 1. The molecule has 1 aromatic rings. The van der Waals surface area contributed by atoms with Gasteiger partial charge in [-0.3, -0.25) is 24.0 Å². The second-order valence-corrected chi connectivity index (χ2v) is 13.0. The Hall–Kier alpha value is -3.08. The molecule has 220 valence electrons. The summed E-state index contributed by atoms with van der Waals surface area (Å²) in [5, 5.41) is 5.59. The van der Waals surface area contributed by atoms with Crippen molar-refractivity contribution in [3.05, 3.63) is 35.9 Å². The molecule has 0 bridgehead atoms. The van der Waals surface area contributed by atoms with E-state index in [0.29, 0.717) is 50.1 Å². The number of thioether (sulfide) groups is 1. The maximum Gasteiger partial charge on any atom is 0.255 e. The van der Waals surface area contributed by atoms with E-state index in [9.17, 15) is 24.0 Å². The first-order valence-electron chi connectivity index (χ1n) is 14.0. The topological polar surface area (TPSA) is 142 Å². The van der Waals surface area contributed by atoms with Gasteiger partial charge in [-0.15, -0.1) is 11.8 Å². The third-order valence-corrected chi connectivity index (χ3v) is 9.03. The van der Waals surface area contributed by atoms with Gasteiger partial charge in [0.2, 0.25) is 23.6 Å². The first-order valence-corrected chi connectivity index (χ1v) is 15.0. The van der Waals surface area contributed by atoms with Crippen LogP contribution in [0.15, 0.2) is 30.3 Å². The Labute approximate surface area is 241 Å². The van der Waals surface area contributed by atoms with E-state index in [1.165, 1.54) is 6.92 Å². The normalized spacial score (nSPS) is 19.9. The number of benzene rings is 1. The van der Waals surface area contributed by atoms with Crippen LogP contribution in [0, 0.1) is 11.8 Å². The van der Waals surface area contributed by atoms with Crippen molar-refractivity contribution in [1.82, 2.24) is 20.4 Å². The van der Waals surface area contributed by atoms with Crippen LogP contribution in [0.5, 0.6) is 0 Å². The number of carbonyl (C=O) groups excluding carboxylic acids is 5. The zero-order chi connectivity index (χ0) is 29.6. The van der Waals surface area contributed by atoms with Gasteiger partial charge < -0.3 is 26.2 Å². The predicted octanol–water partition coefficient (Wildman–Crippen LogP) is 2.13. The van der Waals surface area contributed by atoms with E-state index in [4.69, 9.17) is 5.73 Å². The quantitative estimate of drug-likeness (QED) is 0.392. The zero-order valence-electron chi connectivity index (χ0n) is 24.1. The molecule has 3 atom stereocenters. The van der Waals surface area contributed by atoms with Gasteiger partial charge in [0, 0.05) is 31.3 Å². The van der Waals surface area contributed by atoms with E-state index in [1.54, 1.807) is 45.8 Å². The summed E-state index contributed by atoms with van der Waals surface area (Å²) in [4.78, 5) is 67.4. The molecular weight excluding hydrogens is 530 g/mol. The molecule has 0 radical (unpaired) electrons. The standard InChI is InChI=1S/C29H43N5O5S/c1-18(2)15-22(25(30)36)32-26(37)24-17-40-29(34(24)27(38)21-9-7-6-8-10-21)11-13-33(14-12-29)28(39)23(16-19(3)4)31-20(5)35/h6-10,18-19,22-24H,11-17H2,1-5H3,(H2,30,36)(H,31,35)(H,32,37)/t22-,23-,24-/m0/s1. The van der Waals surface area contributed by atoms with Crippen molar-refractivity contribution >= 4 is 41.3 Å². The molecule has 0 aromatic heterocycles. The molecule has 2 aliphatic rings.